The van der Waals surface area contributed by atoms with Gasteiger partial charge < -0.3 is 20.1 Å². The summed E-state index contributed by atoms with van der Waals surface area (Å²) in [4.78, 5) is 28.5. The lowest BCUT2D eigenvalue weighted by Crippen LogP contribution is -2.47. The second kappa shape index (κ2) is 15.0. The topological polar surface area (TPSA) is 232 Å². The Kier molecular flexibility index (Phi) is 11.1. The van der Waals surface area contributed by atoms with Crippen molar-refractivity contribution in [1.82, 2.24) is 24.9 Å². The van der Waals surface area contributed by atoms with Gasteiger partial charge >= 0.3 is 6.18 Å². The fraction of sp³-hybridized carbons (Fsp3) is 0.233. The number of oxime groups is 1. The van der Waals surface area contributed by atoms with Crippen LogP contribution >= 0.6 is 0 Å². The van der Waals surface area contributed by atoms with Gasteiger partial charge in [-0.2, -0.15) is 13.2 Å². The molecule has 1 aliphatic heterocycles. The molecule has 0 aliphatic carbocycles. The molecular formula is C30H30F3N9O6S. The Morgan fingerprint density at radius 3 is 2.39 bits per heavy atom. The number of carboxylic acids is 1. The molecule has 4 aromatic rings. The first-order chi connectivity index (χ1) is 23.1. The van der Waals surface area contributed by atoms with Gasteiger partial charge in [0, 0.05) is 29.8 Å². The highest BCUT2D eigenvalue weighted by Gasteiger charge is 2.48. The number of carbonyl (C=O) groups is 2. The number of nitrogens with one attached hydrogen (secondary N) is 2. The van der Waals surface area contributed by atoms with Crippen molar-refractivity contribution in [3.63, 3.8) is 0 Å². The number of nitrogens with zero attached hydrogens (tertiary/aromatic N) is 5. The first kappa shape index (κ1) is 36.2. The zero-order chi connectivity index (χ0) is 35.8. The van der Waals surface area contributed by atoms with Crippen molar-refractivity contribution < 1.29 is 46.5 Å². The fourth-order valence-corrected chi connectivity index (χ4v) is 5.90. The van der Waals surface area contributed by atoms with Crippen LogP contribution in [0.4, 0.5) is 18.9 Å². The molecule has 0 saturated carbocycles. The number of alkyl halides is 3. The Labute approximate surface area is 277 Å². The van der Waals surface area contributed by atoms with Crippen molar-refractivity contribution in [2.75, 3.05) is 11.9 Å². The zero-order valence-corrected chi connectivity index (χ0v) is 26.5. The standard InChI is InChI=1S/C28H29N9O4S.C2HF3O2/c1-2-14-32-42(39,40)25-9-4-3-8-23(25)19-10-12-22(13-11-19)33-27(38)28(17-37-18-31-35-36-37)16-24(34-41-28)20-6-5-7-21(15-20)26(29)30;3-2(4,5)1(6)7/h3-13,15,18,32H,2,14,16-17H2,1H3,(H3,29,30)(H,33,38);(H,6,7). The van der Waals surface area contributed by atoms with Crippen molar-refractivity contribution in [2.45, 2.75) is 43.0 Å². The molecule has 19 heteroatoms. The molecule has 1 amide bonds. The van der Waals surface area contributed by atoms with Crippen molar-refractivity contribution in [2.24, 2.45) is 10.9 Å². The summed E-state index contributed by atoms with van der Waals surface area (Å²) < 4.78 is 61.3. The number of halogens is 3. The lowest BCUT2D eigenvalue weighted by Gasteiger charge is -2.25. The highest BCUT2D eigenvalue weighted by Crippen LogP contribution is 2.32. The van der Waals surface area contributed by atoms with Crippen LogP contribution in [0.3, 0.4) is 0 Å². The maximum Gasteiger partial charge on any atom is 0.430 e. The molecule has 0 radical (unpaired) electrons. The smallest absolute Gasteiger partial charge is 0.430 e. The molecule has 2 heterocycles. The predicted octanol–water partition coefficient (Wildman–Crippen LogP) is -0.00650. The number of anilines is 1. The van der Waals surface area contributed by atoms with E-state index >= 15 is 0 Å². The maximum absolute atomic E-state index is 13.7. The number of sulfonamides is 1. The Morgan fingerprint density at radius 1 is 1.08 bits per heavy atom. The highest BCUT2D eigenvalue weighted by atomic mass is 32.2. The number of hydrogen-bond acceptors (Lipinski definition) is 10. The molecule has 3 aromatic carbocycles. The number of benzene rings is 3. The molecule has 1 aliphatic rings. The van der Waals surface area contributed by atoms with Gasteiger partial charge in [0.2, 0.25) is 15.6 Å². The quantitative estimate of drug-likeness (QED) is 0.121. The third-order valence-corrected chi connectivity index (χ3v) is 8.46. The highest BCUT2D eigenvalue weighted by molar-refractivity contribution is 7.89. The first-order valence-electron chi connectivity index (χ1n) is 14.4. The van der Waals surface area contributed by atoms with Crippen LogP contribution in [0.25, 0.3) is 11.1 Å². The Bertz CT molecular complexity index is 1950. The van der Waals surface area contributed by atoms with E-state index in [0.29, 0.717) is 46.6 Å². The van der Waals surface area contributed by atoms with E-state index in [2.05, 4.69) is 30.7 Å². The minimum atomic E-state index is -5.19. The molecule has 0 fully saturated rings. The predicted molar refractivity (Wildman–Crippen MR) is 166 cm³/mol. The largest absolute Gasteiger partial charge is 0.542 e. The van der Waals surface area contributed by atoms with Crippen LogP contribution in [0, 0.1) is 0 Å². The molecule has 15 nitrogen and oxygen atoms in total. The zero-order valence-electron chi connectivity index (χ0n) is 25.7. The van der Waals surface area contributed by atoms with E-state index in [0.717, 1.165) is 0 Å². The third-order valence-electron chi connectivity index (χ3n) is 6.94. The molecule has 0 bridgehead atoms. The van der Waals surface area contributed by atoms with Gasteiger partial charge in [0.05, 0.1) is 22.7 Å². The summed E-state index contributed by atoms with van der Waals surface area (Å²) in [5.74, 6) is -3.31. The van der Waals surface area contributed by atoms with Crippen LogP contribution < -0.4 is 26.3 Å². The molecular weight excluding hydrogens is 671 g/mol. The van der Waals surface area contributed by atoms with Crippen molar-refractivity contribution in [3.05, 3.63) is 90.3 Å². The molecule has 0 saturated heterocycles. The van der Waals surface area contributed by atoms with Crippen molar-refractivity contribution in [3.8, 4) is 11.1 Å². The minimum Gasteiger partial charge on any atom is -0.542 e. The number of carboxylic acid groups (broad SMARTS) is 1. The van der Waals surface area contributed by atoms with Crippen LogP contribution in [-0.2, 0) is 31.0 Å². The van der Waals surface area contributed by atoms with Crippen LogP contribution in [0.5, 0.6) is 0 Å². The van der Waals surface area contributed by atoms with E-state index in [9.17, 15) is 26.4 Å². The van der Waals surface area contributed by atoms with Gasteiger partial charge in [-0.1, -0.05) is 54.5 Å². The van der Waals surface area contributed by atoms with E-state index in [1.807, 2.05) is 13.0 Å². The molecule has 1 unspecified atom stereocenters. The summed E-state index contributed by atoms with van der Waals surface area (Å²) in [7, 11) is -3.69. The second-order valence-corrected chi connectivity index (χ2v) is 12.3. The number of aliphatic carboxylic acids is 1. The number of aromatic nitrogens is 4. The maximum atomic E-state index is 13.7. The number of rotatable bonds is 11. The van der Waals surface area contributed by atoms with Gasteiger partial charge in [0.25, 0.3) is 11.7 Å². The van der Waals surface area contributed by atoms with Crippen LogP contribution in [-0.4, -0.2) is 70.4 Å². The molecule has 0 spiro atoms. The molecule has 258 valence electrons. The van der Waals surface area contributed by atoms with E-state index in [1.54, 1.807) is 66.7 Å². The average Bonchev–Trinajstić information content (AvgIpc) is 3.75. The number of amides is 1. The van der Waals surface area contributed by atoms with E-state index < -0.39 is 33.7 Å². The monoisotopic (exact) mass is 701 g/mol. The van der Waals surface area contributed by atoms with Gasteiger partial charge in [-0.25, -0.2) is 17.8 Å². The summed E-state index contributed by atoms with van der Waals surface area (Å²) in [5.41, 5.74) is 7.87. The number of amidine groups is 1. The summed E-state index contributed by atoms with van der Waals surface area (Å²) in [6.45, 7) is 2.23. The van der Waals surface area contributed by atoms with Gasteiger partial charge in [-0.15, -0.1) is 5.10 Å². The SMILES string of the molecule is CCCNS(=O)(=O)c1ccccc1-c1ccc(NC(=O)C2(Cn3cnnn3)CC(c3cccc(C(N)=[NH2+])c3)=NO2)cc1.O=C([O-])C(F)(F)F. The first-order valence-corrected chi connectivity index (χ1v) is 15.9. The van der Waals surface area contributed by atoms with E-state index in [4.69, 9.17) is 25.9 Å². The minimum absolute atomic E-state index is 0.00223. The molecule has 1 atom stereocenters. The Hall–Kier alpha value is -5.69. The molecule has 6 N–H and O–H groups in total. The number of carbonyl (C=O) groups excluding carboxylic acids is 2. The lowest BCUT2D eigenvalue weighted by atomic mass is 9.92. The van der Waals surface area contributed by atoms with Crippen LogP contribution in [0.2, 0.25) is 0 Å². The van der Waals surface area contributed by atoms with Crippen LogP contribution in [0.15, 0.2) is 89.2 Å². The number of tetrazole rings is 1. The van der Waals surface area contributed by atoms with Gasteiger partial charge in [-0.05, 0) is 52.7 Å². The van der Waals surface area contributed by atoms with Gasteiger partial charge in [0.15, 0.2) is 0 Å². The molecule has 1 aromatic heterocycles. The van der Waals surface area contributed by atoms with Crippen LogP contribution in [0.1, 0.15) is 30.9 Å². The summed E-state index contributed by atoms with van der Waals surface area (Å²) >= 11 is 0. The lowest BCUT2D eigenvalue weighted by molar-refractivity contribution is -0.344. The fourth-order valence-electron chi connectivity index (χ4n) is 4.53. The average molecular weight is 702 g/mol. The Morgan fingerprint density at radius 2 is 1.78 bits per heavy atom. The van der Waals surface area contributed by atoms with Gasteiger partial charge in [-0.3, -0.25) is 15.9 Å². The number of nitrogens with two attached hydrogens (primary N) is 2. The molecule has 49 heavy (non-hydrogen) atoms. The third kappa shape index (κ3) is 9.02. The van der Waals surface area contributed by atoms with Crippen molar-refractivity contribution in [1.29, 1.82) is 0 Å². The van der Waals surface area contributed by atoms with Gasteiger partial charge in [0.1, 0.15) is 12.3 Å². The Balaban J connectivity index is 0.000000698. The van der Waals surface area contributed by atoms with E-state index in [-0.39, 0.29) is 23.7 Å². The normalized spacial score (nSPS) is 15.7. The number of hydrogen-bond donors (Lipinski definition) is 4. The summed E-state index contributed by atoms with van der Waals surface area (Å²) in [6, 6.07) is 20.8. The van der Waals surface area contributed by atoms with Crippen molar-refractivity contribution >= 4 is 39.1 Å². The summed E-state index contributed by atoms with van der Waals surface area (Å²) in [6.07, 6.45) is -3.01. The summed E-state index contributed by atoms with van der Waals surface area (Å²) in [5, 5.41) is 32.9. The van der Waals surface area contributed by atoms with E-state index in [1.165, 1.54) is 11.0 Å². The molecule has 5 rings (SSSR count). The second-order valence-electron chi connectivity index (χ2n) is 10.6.